The van der Waals surface area contributed by atoms with Crippen LogP contribution in [0.5, 0.6) is 0 Å². The Morgan fingerprint density at radius 2 is 0.900 bits per heavy atom. The Kier molecular flexibility index (Phi) is 53.1. The Hall–Kier alpha value is -2.90. The van der Waals surface area contributed by atoms with Gasteiger partial charge in [0, 0.05) is 6.42 Å². The Bertz CT molecular complexity index is 1580. The van der Waals surface area contributed by atoms with Crippen molar-refractivity contribution >= 4 is 11.9 Å². The van der Waals surface area contributed by atoms with Gasteiger partial charge in [-0.05, 0) is 70.6 Å². The van der Waals surface area contributed by atoms with Gasteiger partial charge in [-0.3, -0.25) is 9.59 Å². The van der Waals surface area contributed by atoms with Crippen molar-refractivity contribution in [3.63, 3.8) is 0 Å². The van der Waals surface area contributed by atoms with Gasteiger partial charge < -0.3 is 45.1 Å². The summed E-state index contributed by atoms with van der Waals surface area (Å²) < 4.78 is 17.6. The highest BCUT2D eigenvalue weighted by Crippen LogP contribution is 2.26. The molecule has 1 amide bonds. The summed E-state index contributed by atoms with van der Waals surface area (Å²) in [4.78, 5) is 26.6. The minimum absolute atomic E-state index is 0.125. The third kappa shape index (κ3) is 43.7. The Morgan fingerprint density at radius 1 is 0.500 bits per heavy atom. The molecule has 11 heteroatoms. The maximum Gasteiger partial charge on any atom is 0.306 e. The maximum absolute atomic E-state index is 13.5. The van der Waals surface area contributed by atoms with E-state index in [2.05, 4.69) is 86.8 Å². The molecule has 0 bridgehead atoms. The first-order chi connectivity index (χ1) is 39.2. The first-order valence-electron chi connectivity index (χ1n) is 33.2. The van der Waals surface area contributed by atoms with Crippen LogP contribution in [-0.2, 0) is 23.8 Å². The molecule has 0 aromatic carbocycles. The minimum Gasteiger partial charge on any atom is -0.454 e. The maximum atomic E-state index is 13.5. The van der Waals surface area contributed by atoms with Gasteiger partial charge in [0.25, 0.3) is 0 Å². The molecular weight excluding hydrogens is 1000 g/mol. The number of hydrogen-bond acceptors (Lipinski definition) is 10. The summed E-state index contributed by atoms with van der Waals surface area (Å²) in [5.74, 6) is -1.19. The number of unbranched alkanes of at least 4 members (excludes halogenated alkanes) is 32. The van der Waals surface area contributed by atoms with Gasteiger partial charge in [0.1, 0.15) is 24.4 Å². The van der Waals surface area contributed by atoms with Crippen LogP contribution in [0.1, 0.15) is 290 Å². The molecule has 0 spiro atoms. The van der Waals surface area contributed by atoms with E-state index >= 15 is 0 Å². The zero-order valence-electron chi connectivity index (χ0n) is 51.4. The largest absolute Gasteiger partial charge is 0.454 e. The molecule has 1 aliphatic heterocycles. The highest BCUT2D eigenvalue weighted by Gasteiger charge is 2.47. The highest BCUT2D eigenvalue weighted by atomic mass is 16.7. The number of carbonyl (C=O) groups is 2. The fourth-order valence-electron chi connectivity index (χ4n) is 10.1. The van der Waals surface area contributed by atoms with E-state index in [-0.39, 0.29) is 19.4 Å². The number of rotatable bonds is 56. The second-order valence-corrected chi connectivity index (χ2v) is 22.8. The van der Waals surface area contributed by atoms with Crippen molar-refractivity contribution in [2.75, 3.05) is 13.2 Å². The molecule has 11 nitrogen and oxygen atoms in total. The molecule has 80 heavy (non-hydrogen) atoms. The molecule has 0 aromatic rings. The molecule has 464 valence electrons. The zero-order valence-corrected chi connectivity index (χ0v) is 51.4. The molecule has 1 saturated heterocycles. The van der Waals surface area contributed by atoms with Crippen molar-refractivity contribution in [2.24, 2.45) is 0 Å². The van der Waals surface area contributed by atoms with E-state index in [0.29, 0.717) is 12.8 Å². The monoisotopic (exact) mass is 1130 g/mol. The summed E-state index contributed by atoms with van der Waals surface area (Å²) in [6.45, 7) is 5.68. The fraction of sp³-hybridized carbons (Fsp3) is 0.797. The number of hydrogen-bond donors (Lipinski definition) is 6. The van der Waals surface area contributed by atoms with Crippen LogP contribution >= 0.6 is 0 Å². The first kappa shape index (κ1) is 75.1. The van der Waals surface area contributed by atoms with Crippen LogP contribution < -0.4 is 5.32 Å². The molecule has 1 fully saturated rings. The van der Waals surface area contributed by atoms with E-state index in [1.807, 2.05) is 6.08 Å². The summed E-state index contributed by atoms with van der Waals surface area (Å²) in [5.41, 5.74) is 0. The van der Waals surface area contributed by atoms with Gasteiger partial charge in [0.05, 0.1) is 25.4 Å². The van der Waals surface area contributed by atoms with Gasteiger partial charge in [-0.25, -0.2) is 0 Å². The van der Waals surface area contributed by atoms with Gasteiger partial charge >= 0.3 is 5.97 Å². The smallest absolute Gasteiger partial charge is 0.306 e. The average molecular weight is 1130 g/mol. The second kappa shape index (κ2) is 56.6. The molecule has 1 heterocycles. The van der Waals surface area contributed by atoms with Crippen molar-refractivity contribution in [3.8, 4) is 0 Å². The van der Waals surface area contributed by atoms with E-state index in [1.54, 1.807) is 6.08 Å². The van der Waals surface area contributed by atoms with E-state index in [0.717, 1.165) is 96.3 Å². The standard InChI is InChI=1S/C69H123NO10/c1-4-7-10-13-16-19-22-25-26-27-28-29-30-31-32-33-34-35-36-37-39-41-44-47-50-53-56-62(73)68(77)70-60(61(72)55-52-49-46-43-40-24-21-18-15-12-9-6-3)59-78-69-67(66(76)65(75)63(58-71)79-69)80-64(74)57-54-51-48-45-42-38-23-20-17-14-11-8-5-2/h7,10,16,19,25-26,28-29,31-32,52,55,60-63,65-67,69,71-73,75-76H,4-6,8-9,11-15,17-18,20-24,27,30,33-51,53-54,56-59H2,1-3H3,(H,70,77)/b10-7-,19-16-,26-25-,29-28-,32-31-,55-52+. The molecule has 8 unspecified atom stereocenters. The molecular formula is C69H123NO10. The van der Waals surface area contributed by atoms with Crippen molar-refractivity contribution in [1.82, 2.24) is 5.32 Å². The lowest BCUT2D eigenvalue weighted by Gasteiger charge is -2.41. The zero-order chi connectivity index (χ0) is 58.2. The van der Waals surface area contributed by atoms with Crippen molar-refractivity contribution in [2.45, 2.75) is 339 Å². The Morgan fingerprint density at radius 3 is 1.35 bits per heavy atom. The first-order valence-corrected chi connectivity index (χ1v) is 33.2. The second-order valence-electron chi connectivity index (χ2n) is 22.8. The van der Waals surface area contributed by atoms with Crippen molar-refractivity contribution in [1.29, 1.82) is 0 Å². The molecule has 1 rings (SSSR count). The van der Waals surface area contributed by atoms with Gasteiger partial charge in [-0.2, -0.15) is 0 Å². The summed E-state index contributed by atoms with van der Waals surface area (Å²) in [5, 5.41) is 57.1. The molecule has 0 radical (unpaired) electrons. The quantitative estimate of drug-likeness (QED) is 0.0195. The third-order valence-corrected chi connectivity index (χ3v) is 15.4. The van der Waals surface area contributed by atoms with E-state index in [4.69, 9.17) is 14.2 Å². The van der Waals surface area contributed by atoms with E-state index in [9.17, 15) is 35.1 Å². The lowest BCUT2D eigenvalue weighted by Crippen LogP contribution is -2.61. The molecule has 6 N–H and O–H groups in total. The van der Waals surface area contributed by atoms with Crippen molar-refractivity contribution < 1.29 is 49.3 Å². The minimum atomic E-state index is -1.61. The van der Waals surface area contributed by atoms with Crippen molar-refractivity contribution in [3.05, 3.63) is 72.9 Å². The number of aliphatic hydroxyl groups excluding tert-OH is 5. The van der Waals surface area contributed by atoms with Gasteiger partial charge in [-0.1, -0.05) is 286 Å². The average Bonchev–Trinajstić information content (AvgIpc) is 3.51. The van der Waals surface area contributed by atoms with Gasteiger partial charge in [0.2, 0.25) is 5.91 Å². The van der Waals surface area contributed by atoms with Crippen LogP contribution in [0.2, 0.25) is 0 Å². The topological polar surface area (TPSA) is 175 Å². The van der Waals surface area contributed by atoms with Gasteiger partial charge in [0.15, 0.2) is 12.4 Å². The number of aliphatic hydroxyl groups is 5. The van der Waals surface area contributed by atoms with E-state index < -0.39 is 67.4 Å². The molecule has 0 aromatic heterocycles. The lowest BCUT2D eigenvalue weighted by molar-refractivity contribution is -0.305. The molecule has 0 saturated carbocycles. The normalized spacial score (nSPS) is 19.2. The van der Waals surface area contributed by atoms with Crippen LogP contribution in [-0.4, -0.2) is 99.6 Å². The third-order valence-electron chi connectivity index (χ3n) is 15.4. The van der Waals surface area contributed by atoms with Gasteiger partial charge in [-0.15, -0.1) is 0 Å². The predicted molar refractivity (Wildman–Crippen MR) is 333 cm³/mol. The SMILES string of the molecule is CC/C=C\C/C=C\C/C=C\C/C=C\C/C=C\CCCCCCCCCCCCC(O)C(=O)NC(COC1OC(CO)C(O)C(O)C1OC(=O)CCCCCCCCCCCCCCC)C(O)/C=C/CCCCCCCCCCCC. The highest BCUT2D eigenvalue weighted by molar-refractivity contribution is 5.80. The van der Waals surface area contributed by atoms with Crippen LogP contribution in [0, 0.1) is 0 Å². The van der Waals surface area contributed by atoms with Crippen LogP contribution in [0.25, 0.3) is 0 Å². The predicted octanol–water partition coefficient (Wildman–Crippen LogP) is 16.3. The lowest BCUT2D eigenvalue weighted by atomic mass is 9.99. The number of amides is 1. The number of carbonyl (C=O) groups excluding carboxylic acids is 2. The van der Waals surface area contributed by atoms with Crippen LogP contribution in [0.3, 0.4) is 0 Å². The summed E-state index contributed by atoms with van der Waals surface area (Å²) in [6, 6.07) is -1.03. The van der Waals surface area contributed by atoms with E-state index in [1.165, 1.54) is 148 Å². The Labute approximate surface area is 490 Å². The summed E-state index contributed by atoms with van der Waals surface area (Å²) in [6.07, 6.45) is 62.3. The Balaban J connectivity index is 2.59. The summed E-state index contributed by atoms with van der Waals surface area (Å²) >= 11 is 0. The number of allylic oxidation sites excluding steroid dienone is 11. The number of nitrogens with one attached hydrogen (secondary N) is 1. The summed E-state index contributed by atoms with van der Waals surface area (Å²) in [7, 11) is 0. The number of ether oxygens (including phenoxy) is 3. The molecule has 8 atom stereocenters. The van der Waals surface area contributed by atoms with Crippen LogP contribution in [0.4, 0.5) is 0 Å². The molecule has 0 aliphatic carbocycles. The fourth-order valence-corrected chi connectivity index (χ4v) is 10.1. The molecule has 1 aliphatic rings. The number of esters is 1. The van der Waals surface area contributed by atoms with Crippen LogP contribution in [0.15, 0.2) is 72.9 Å².